The van der Waals surface area contributed by atoms with Crippen LogP contribution in [0, 0.1) is 0 Å². The summed E-state index contributed by atoms with van der Waals surface area (Å²) < 4.78 is 32.3. The fourth-order valence-corrected chi connectivity index (χ4v) is 2.06. The zero-order valence-corrected chi connectivity index (χ0v) is 10.4. The van der Waals surface area contributed by atoms with E-state index in [1.54, 1.807) is 0 Å². The number of hydrogen-bond acceptors (Lipinski definition) is 5. The third kappa shape index (κ3) is 3.61. The lowest BCUT2D eigenvalue weighted by atomic mass is 10.2. The van der Waals surface area contributed by atoms with E-state index in [0.29, 0.717) is 13.1 Å². The van der Waals surface area contributed by atoms with Crippen molar-refractivity contribution in [1.29, 1.82) is 0 Å². The summed E-state index contributed by atoms with van der Waals surface area (Å²) in [6, 6.07) is 5.69. The van der Waals surface area contributed by atoms with Gasteiger partial charge in [0.15, 0.2) is 11.5 Å². The van der Waals surface area contributed by atoms with Crippen LogP contribution in [0.2, 0.25) is 0 Å². The average molecular weight is 257 g/mol. The molecule has 1 N–H and O–H groups in total. The minimum Gasteiger partial charge on any atom is -0.454 e. The van der Waals surface area contributed by atoms with E-state index in [0.717, 1.165) is 17.1 Å². The van der Waals surface area contributed by atoms with Crippen LogP contribution >= 0.6 is 0 Å². The van der Waals surface area contributed by atoms with Crippen LogP contribution in [0.25, 0.3) is 0 Å². The van der Waals surface area contributed by atoms with Gasteiger partial charge in [-0.2, -0.15) is 0 Å². The Labute approximate surface area is 101 Å². The predicted molar refractivity (Wildman–Crippen MR) is 64.0 cm³/mol. The first-order valence-corrected chi connectivity index (χ1v) is 7.38. The van der Waals surface area contributed by atoms with Crippen molar-refractivity contribution in [2.24, 2.45) is 0 Å². The van der Waals surface area contributed by atoms with Gasteiger partial charge < -0.3 is 14.8 Å². The Hall–Kier alpha value is -1.27. The van der Waals surface area contributed by atoms with Crippen LogP contribution in [0.15, 0.2) is 18.2 Å². The van der Waals surface area contributed by atoms with E-state index in [2.05, 4.69) is 5.32 Å². The minimum atomic E-state index is -2.90. The van der Waals surface area contributed by atoms with Gasteiger partial charge >= 0.3 is 0 Å². The SMILES string of the molecule is CS(=O)(=O)CCNCc1ccc2c(c1)OCO2. The molecule has 5 nitrogen and oxygen atoms in total. The van der Waals surface area contributed by atoms with Crippen molar-refractivity contribution in [2.45, 2.75) is 6.54 Å². The third-order valence-electron chi connectivity index (χ3n) is 2.42. The fraction of sp³-hybridized carbons (Fsp3) is 0.455. The highest BCUT2D eigenvalue weighted by molar-refractivity contribution is 7.90. The first-order chi connectivity index (χ1) is 8.04. The number of nitrogens with one attached hydrogen (secondary N) is 1. The average Bonchev–Trinajstić information content (AvgIpc) is 2.70. The summed E-state index contributed by atoms with van der Waals surface area (Å²) in [7, 11) is -2.90. The summed E-state index contributed by atoms with van der Waals surface area (Å²) in [5.74, 6) is 1.65. The molecule has 0 aromatic heterocycles. The highest BCUT2D eigenvalue weighted by atomic mass is 32.2. The molecular weight excluding hydrogens is 242 g/mol. The first kappa shape index (κ1) is 12.2. The molecule has 94 valence electrons. The number of benzene rings is 1. The molecule has 17 heavy (non-hydrogen) atoms. The summed E-state index contributed by atoms with van der Waals surface area (Å²) >= 11 is 0. The molecule has 1 aromatic carbocycles. The van der Waals surface area contributed by atoms with E-state index in [9.17, 15) is 8.42 Å². The molecule has 1 heterocycles. The quantitative estimate of drug-likeness (QED) is 0.780. The van der Waals surface area contributed by atoms with Crippen LogP contribution in [-0.4, -0.2) is 33.8 Å². The van der Waals surface area contributed by atoms with E-state index < -0.39 is 9.84 Å². The van der Waals surface area contributed by atoms with E-state index in [4.69, 9.17) is 9.47 Å². The van der Waals surface area contributed by atoms with E-state index in [-0.39, 0.29) is 12.5 Å². The van der Waals surface area contributed by atoms with E-state index >= 15 is 0 Å². The summed E-state index contributed by atoms with van der Waals surface area (Å²) in [5, 5.41) is 3.07. The number of fused-ring (bicyclic) bond motifs is 1. The molecule has 6 heteroatoms. The zero-order chi connectivity index (χ0) is 12.3. The van der Waals surface area contributed by atoms with Crippen LogP contribution in [0.5, 0.6) is 11.5 Å². The van der Waals surface area contributed by atoms with Gasteiger partial charge in [-0.15, -0.1) is 0 Å². The highest BCUT2D eigenvalue weighted by Gasteiger charge is 2.12. The second-order valence-corrected chi connectivity index (χ2v) is 6.25. The molecule has 2 rings (SSSR count). The van der Waals surface area contributed by atoms with Gasteiger partial charge in [0.2, 0.25) is 6.79 Å². The van der Waals surface area contributed by atoms with Crippen LogP contribution in [0.1, 0.15) is 5.56 Å². The number of ether oxygens (including phenoxy) is 2. The molecule has 1 aliphatic heterocycles. The van der Waals surface area contributed by atoms with Crippen molar-refractivity contribution in [1.82, 2.24) is 5.32 Å². The smallest absolute Gasteiger partial charge is 0.231 e. The van der Waals surface area contributed by atoms with Gasteiger partial charge in [0.25, 0.3) is 0 Å². The molecule has 0 saturated carbocycles. The van der Waals surface area contributed by atoms with Crippen molar-refractivity contribution < 1.29 is 17.9 Å². The fourth-order valence-electron chi connectivity index (χ4n) is 1.54. The predicted octanol–water partition coefficient (Wildman–Crippen LogP) is 0.549. The lowest BCUT2D eigenvalue weighted by Gasteiger charge is -2.05. The standard InChI is InChI=1S/C11H15NO4S/c1-17(13,14)5-4-12-7-9-2-3-10-11(6-9)16-8-15-10/h2-3,6,12H,4-5,7-8H2,1H3. The minimum absolute atomic E-state index is 0.150. The summed E-state index contributed by atoms with van der Waals surface area (Å²) in [6.07, 6.45) is 1.23. The highest BCUT2D eigenvalue weighted by Crippen LogP contribution is 2.32. The maximum absolute atomic E-state index is 10.9. The molecule has 0 saturated heterocycles. The van der Waals surface area contributed by atoms with E-state index in [1.165, 1.54) is 6.26 Å². The molecule has 1 aromatic rings. The van der Waals surface area contributed by atoms with Gasteiger partial charge in [0, 0.05) is 19.3 Å². The Bertz CT molecular complexity index is 498. The third-order valence-corrected chi connectivity index (χ3v) is 3.36. The Balaban J connectivity index is 1.84. The van der Waals surface area contributed by atoms with Crippen LogP contribution < -0.4 is 14.8 Å². The topological polar surface area (TPSA) is 64.6 Å². The summed E-state index contributed by atoms with van der Waals surface area (Å²) in [5.41, 5.74) is 1.04. The van der Waals surface area contributed by atoms with Gasteiger partial charge in [-0.1, -0.05) is 6.07 Å². The molecule has 0 fully saturated rings. The molecule has 0 radical (unpaired) electrons. The van der Waals surface area contributed by atoms with Crippen molar-refractivity contribution in [2.75, 3.05) is 25.3 Å². The van der Waals surface area contributed by atoms with Gasteiger partial charge in [-0.25, -0.2) is 8.42 Å². The molecule has 0 bridgehead atoms. The largest absolute Gasteiger partial charge is 0.454 e. The van der Waals surface area contributed by atoms with Crippen LogP contribution in [0.3, 0.4) is 0 Å². The monoisotopic (exact) mass is 257 g/mol. The number of hydrogen-bond donors (Lipinski definition) is 1. The Morgan fingerprint density at radius 2 is 2.06 bits per heavy atom. The maximum atomic E-state index is 10.9. The Kier molecular flexibility index (Phi) is 3.54. The van der Waals surface area contributed by atoms with Gasteiger partial charge in [-0.3, -0.25) is 0 Å². The normalized spacial score (nSPS) is 13.9. The second-order valence-electron chi connectivity index (χ2n) is 3.99. The first-order valence-electron chi connectivity index (χ1n) is 5.31. The van der Waals surface area contributed by atoms with E-state index in [1.807, 2.05) is 18.2 Å². The summed E-state index contributed by atoms with van der Waals surface area (Å²) in [4.78, 5) is 0. The lowest BCUT2D eigenvalue weighted by Crippen LogP contribution is -2.21. The molecule has 0 spiro atoms. The van der Waals surface area contributed by atoms with Crippen molar-refractivity contribution in [3.8, 4) is 11.5 Å². The van der Waals surface area contributed by atoms with Gasteiger partial charge in [-0.05, 0) is 17.7 Å². The summed E-state index contributed by atoms with van der Waals surface area (Å²) in [6.45, 7) is 1.33. The molecule has 0 unspecified atom stereocenters. The zero-order valence-electron chi connectivity index (χ0n) is 9.60. The molecular formula is C11H15NO4S. The Morgan fingerprint density at radius 3 is 2.82 bits per heavy atom. The lowest BCUT2D eigenvalue weighted by molar-refractivity contribution is 0.174. The maximum Gasteiger partial charge on any atom is 0.231 e. The van der Waals surface area contributed by atoms with Crippen LogP contribution in [0.4, 0.5) is 0 Å². The van der Waals surface area contributed by atoms with Crippen molar-refractivity contribution >= 4 is 9.84 Å². The van der Waals surface area contributed by atoms with Gasteiger partial charge in [0.05, 0.1) is 5.75 Å². The van der Waals surface area contributed by atoms with Gasteiger partial charge in [0.1, 0.15) is 9.84 Å². The second kappa shape index (κ2) is 4.93. The van der Waals surface area contributed by atoms with Crippen molar-refractivity contribution in [3.63, 3.8) is 0 Å². The molecule has 0 aliphatic carbocycles. The number of sulfone groups is 1. The van der Waals surface area contributed by atoms with Crippen molar-refractivity contribution in [3.05, 3.63) is 23.8 Å². The molecule has 0 amide bonds. The molecule has 1 aliphatic rings. The number of rotatable bonds is 5. The Morgan fingerprint density at radius 1 is 1.29 bits per heavy atom. The molecule has 0 atom stereocenters. The van der Waals surface area contributed by atoms with Crippen LogP contribution in [-0.2, 0) is 16.4 Å².